The van der Waals surface area contributed by atoms with Crippen molar-refractivity contribution in [3.63, 3.8) is 0 Å². The van der Waals surface area contributed by atoms with Crippen LogP contribution < -0.4 is 0 Å². The van der Waals surface area contributed by atoms with Crippen molar-refractivity contribution in [1.29, 1.82) is 0 Å². The number of fused-ring (bicyclic) bond motifs is 1. The molecule has 160 valence electrons. The third-order valence-electron chi connectivity index (χ3n) is 6.23. The Labute approximate surface area is 186 Å². The molecule has 1 aliphatic heterocycles. The zero-order valence-electron chi connectivity index (χ0n) is 18.0. The van der Waals surface area contributed by atoms with Crippen LogP contribution in [0.3, 0.4) is 0 Å². The molecule has 2 aromatic carbocycles. The topological polar surface area (TPSA) is 46.1 Å². The van der Waals surface area contributed by atoms with Crippen LogP contribution in [-0.4, -0.2) is 33.9 Å². The van der Waals surface area contributed by atoms with Crippen LogP contribution in [0.2, 0.25) is 0 Å². The number of hydrogen-bond acceptors (Lipinski definition) is 3. The van der Waals surface area contributed by atoms with Crippen LogP contribution in [0.4, 0.5) is 4.39 Å². The molecule has 4 nitrogen and oxygen atoms in total. The van der Waals surface area contributed by atoms with Gasteiger partial charge in [0.15, 0.2) is 0 Å². The number of nitrogens with zero attached hydrogens (tertiary/aromatic N) is 3. The molecule has 3 heterocycles. The summed E-state index contributed by atoms with van der Waals surface area (Å²) in [6.45, 7) is 3.34. The lowest BCUT2D eigenvalue weighted by Gasteiger charge is -2.32. The molecule has 0 radical (unpaired) electrons. The quantitative estimate of drug-likeness (QED) is 0.419. The van der Waals surface area contributed by atoms with E-state index in [-0.39, 0.29) is 11.7 Å². The molecule has 0 aliphatic carbocycles. The number of halogens is 1. The molecule has 0 bridgehead atoms. The SMILES string of the molecule is Cc1cc(-c2ccc(F)cc2)cc(C2CCN(C(=O)c3nccc4ccccc34)CC2)n1. The van der Waals surface area contributed by atoms with Crippen molar-refractivity contribution in [3.05, 3.63) is 95.8 Å². The molecule has 1 saturated heterocycles. The van der Waals surface area contributed by atoms with Crippen LogP contribution in [0.1, 0.15) is 40.6 Å². The van der Waals surface area contributed by atoms with E-state index in [1.807, 2.05) is 48.2 Å². The molecule has 5 rings (SSSR count). The molecular formula is C27H24FN3O. The van der Waals surface area contributed by atoms with Crippen LogP contribution >= 0.6 is 0 Å². The fourth-order valence-electron chi connectivity index (χ4n) is 4.53. The number of rotatable bonds is 3. The minimum absolute atomic E-state index is 0.00977. The first-order valence-corrected chi connectivity index (χ1v) is 11.0. The molecule has 0 N–H and O–H groups in total. The van der Waals surface area contributed by atoms with Gasteiger partial charge in [0.1, 0.15) is 11.5 Å². The summed E-state index contributed by atoms with van der Waals surface area (Å²) in [6, 6.07) is 20.5. The van der Waals surface area contributed by atoms with Gasteiger partial charge in [0, 0.05) is 42.0 Å². The third kappa shape index (κ3) is 3.98. The maximum absolute atomic E-state index is 13.3. The molecule has 0 saturated carbocycles. The number of benzene rings is 2. The molecule has 32 heavy (non-hydrogen) atoms. The Balaban J connectivity index is 1.33. The van der Waals surface area contributed by atoms with Gasteiger partial charge in [-0.1, -0.05) is 36.4 Å². The summed E-state index contributed by atoms with van der Waals surface area (Å²) in [6.07, 6.45) is 3.42. The average Bonchev–Trinajstić information content (AvgIpc) is 2.83. The van der Waals surface area contributed by atoms with Crippen molar-refractivity contribution in [2.24, 2.45) is 0 Å². The zero-order valence-corrected chi connectivity index (χ0v) is 18.0. The Morgan fingerprint density at radius 1 is 0.969 bits per heavy atom. The first kappa shape index (κ1) is 20.3. The van der Waals surface area contributed by atoms with E-state index in [0.717, 1.165) is 46.1 Å². The zero-order chi connectivity index (χ0) is 22.1. The number of aromatic nitrogens is 2. The van der Waals surface area contributed by atoms with E-state index in [1.54, 1.807) is 18.3 Å². The Morgan fingerprint density at radius 2 is 1.72 bits per heavy atom. The minimum Gasteiger partial charge on any atom is -0.337 e. The normalized spacial score (nSPS) is 14.6. The predicted molar refractivity (Wildman–Crippen MR) is 124 cm³/mol. The summed E-state index contributed by atoms with van der Waals surface area (Å²) < 4.78 is 13.3. The van der Waals surface area contributed by atoms with Gasteiger partial charge < -0.3 is 4.90 Å². The van der Waals surface area contributed by atoms with E-state index >= 15 is 0 Å². The van der Waals surface area contributed by atoms with Crippen molar-refractivity contribution in [2.45, 2.75) is 25.7 Å². The van der Waals surface area contributed by atoms with Crippen molar-refractivity contribution in [3.8, 4) is 11.1 Å². The van der Waals surface area contributed by atoms with Crippen molar-refractivity contribution in [1.82, 2.24) is 14.9 Å². The standard InChI is InChI=1S/C27H24FN3O/c1-18-16-22(19-6-8-23(28)9-7-19)17-25(30-18)21-11-14-31(15-12-21)27(32)26-24-5-3-2-4-20(24)10-13-29-26/h2-10,13,16-17,21H,11-12,14-15H2,1H3. The summed E-state index contributed by atoms with van der Waals surface area (Å²) in [4.78, 5) is 24.3. The second kappa shape index (κ2) is 8.50. The van der Waals surface area contributed by atoms with Gasteiger partial charge in [-0.2, -0.15) is 0 Å². The Morgan fingerprint density at radius 3 is 2.50 bits per heavy atom. The number of hydrogen-bond donors (Lipinski definition) is 0. The number of pyridine rings is 2. The van der Waals surface area contributed by atoms with Crippen LogP contribution in [0.5, 0.6) is 0 Å². The Kier molecular flexibility index (Phi) is 5.39. The molecule has 5 heteroatoms. The fraction of sp³-hybridized carbons (Fsp3) is 0.222. The van der Waals surface area contributed by atoms with Gasteiger partial charge in [0.25, 0.3) is 5.91 Å². The van der Waals surface area contributed by atoms with E-state index in [0.29, 0.717) is 24.7 Å². The number of carbonyl (C=O) groups is 1. The van der Waals surface area contributed by atoms with E-state index in [9.17, 15) is 9.18 Å². The smallest absolute Gasteiger partial charge is 0.273 e. The lowest BCUT2D eigenvalue weighted by molar-refractivity contribution is 0.0708. The molecule has 1 aliphatic rings. The minimum atomic E-state index is -0.238. The summed E-state index contributed by atoms with van der Waals surface area (Å²) in [5.74, 6) is 0.0422. The van der Waals surface area contributed by atoms with E-state index < -0.39 is 0 Å². The molecule has 0 unspecified atom stereocenters. The highest BCUT2D eigenvalue weighted by Gasteiger charge is 2.27. The van der Waals surface area contributed by atoms with Gasteiger partial charge in [0.2, 0.25) is 0 Å². The fourth-order valence-corrected chi connectivity index (χ4v) is 4.53. The molecule has 0 atom stereocenters. The number of piperidine rings is 1. The van der Waals surface area contributed by atoms with Gasteiger partial charge in [-0.25, -0.2) is 4.39 Å². The highest BCUT2D eigenvalue weighted by atomic mass is 19.1. The maximum Gasteiger partial charge on any atom is 0.273 e. The van der Waals surface area contributed by atoms with Crippen molar-refractivity contribution in [2.75, 3.05) is 13.1 Å². The molecular weight excluding hydrogens is 401 g/mol. The monoisotopic (exact) mass is 425 g/mol. The summed E-state index contributed by atoms with van der Waals surface area (Å²) >= 11 is 0. The van der Waals surface area contributed by atoms with E-state index in [2.05, 4.69) is 11.1 Å². The maximum atomic E-state index is 13.3. The number of aryl methyl sites for hydroxylation is 1. The predicted octanol–water partition coefficient (Wildman–Crippen LogP) is 5.76. The highest BCUT2D eigenvalue weighted by molar-refractivity contribution is 6.05. The summed E-state index contributed by atoms with van der Waals surface area (Å²) in [5.41, 5.74) is 4.53. The third-order valence-corrected chi connectivity index (χ3v) is 6.23. The Hall–Kier alpha value is -3.60. The molecule has 4 aromatic rings. The molecule has 2 aromatic heterocycles. The van der Waals surface area contributed by atoms with Crippen LogP contribution in [0, 0.1) is 12.7 Å². The first-order chi connectivity index (χ1) is 15.6. The van der Waals surface area contributed by atoms with Gasteiger partial charge >= 0.3 is 0 Å². The second-order valence-corrected chi connectivity index (χ2v) is 8.38. The van der Waals surface area contributed by atoms with Crippen molar-refractivity contribution < 1.29 is 9.18 Å². The van der Waals surface area contributed by atoms with Gasteiger partial charge in [-0.15, -0.1) is 0 Å². The number of amides is 1. The second-order valence-electron chi connectivity index (χ2n) is 8.38. The van der Waals surface area contributed by atoms with Gasteiger partial charge in [0.05, 0.1) is 0 Å². The summed E-state index contributed by atoms with van der Waals surface area (Å²) in [7, 11) is 0. The number of likely N-dealkylation sites (tertiary alicyclic amines) is 1. The van der Waals surface area contributed by atoms with Crippen LogP contribution in [0.25, 0.3) is 21.9 Å². The molecule has 1 amide bonds. The van der Waals surface area contributed by atoms with E-state index in [4.69, 9.17) is 4.98 Å². The first-order valence-electron chi connectivity index (χ1n) is 11.0. The molecule has 0 spiro atoms. The number of carbonyl (C=O) groups excluding carboxylic acids is 1. The van der Waals surface area contributed by atoms with Crippen LogP contribution in [0.15, 0.2) is 72.9 Å². The largest absolute Gasteiger partial charge is 0.337 e. The average molecular weight is 426 g/mol. The van der Waals surface area contributed by atoms with E-state index in [1.165, 1.54) is 12.1 Å². The van der Waals surface area contributed by atoms with Crippen molar-refractivity contribution >= 4 is 16.7 Å². The highest BCUT2D eigenvalue weighted by Crippen LogP contribution is 2.31. The summed E-state index contributed by atoms with van der Waals surface area (Å²) in [5, 5.41) is 1.92. The lowest BCUT2D eigenvalue weighted by Crippen LogP contribution is -2.38. The van der Waals surface area contributed by atoms with Gasteiger partial charge in [-0.3, -0.25) is 14.8 Å². The van der Waals surface area contributed by atoms with Crippen LogP contribution in [-0.2, 0) is 0 Å². The lowest BCUT2D eigenvalue weighted by atomic mass is 9.91. The Bertz CT molecular complexity index is 1270. The molecule has 1 fully saturated rings. The van der Waals surface area contributed by atoms with Gasteiger partial charge in [-0.05, 0) is 66.6 Å².